The Hall–Kier alpha value is -2.97. The van der Waals surface area contributed by atoms with E-state index in [1.165, 1.54) is 6.92 Å². The lowest BCUT2D eigenvalue weighted by Crippen LogP contribution is -2.32. The molecule has 3 N–H and O–H groups in total. The Kier molecular flexibility index (Phi) is 8.57. The second-order valence-corrected chi connectivity index (χ2v) is 6.90. The fraction of sp³-hybridized carbons (Fsp3) is 0.190. The van der Waals surface area contributed by atoms with Crippen molar-refractivity contribution in [3.63, 3.8) is 0 Å². The lowest BCUT2D eigenvalue weighted by molar-refractivity contribution is 0.101. The number of benzene rings is 2. The fourth-order valence-corrected chi connectivity index (χ4v) is 2.42. The highest BCUT2D eigenvalue weighted by Crippen LogP contribution is 2.12. The van der Waals surface area contributed by atoms with Crippen molar-refractivity contribution in [3.05, 3.63) is 71.3 Å². The number of nitrogens with one attached hydrogen (secondary N) is 3. The molecule has 2 aromatic carbocycles. The Balaban J connectivity index is 2.58. The summed E-state index contributed by atoms with van der Waals surface area (Å²) < 4.78 is 0. The van der Waals surface area contributed by atoms with Crippen LogP contribution in [0.25, 0.3) is 0 Å². The number of Topliss-reactive ketones (excluding diaryl/α,β-unsaturated/α-hetero) is 1. The first kappa shape index (κ1) is 22.3. The maximum Gasteiger partial charge on any atom is 0.186 e. The van der Waals surface area contributed by atoms with E-state index in [9.17, 15) is 4.79 Å². The van der Waals surface area contributed by atoms with Gasteiger partial charge in [-0.1, -0.05) is 73.7 Å². The van der Waals surface area contributed by atoms with Crippen molar-refractivity contribution in [2.75, 3.05) is 7.05 Å². The largest absolute Gasteiger partial charge is 0.364 e. The highest BCUT2D eigenvalue weighted by atomic mass is 32.1. The number of thiocarbonyl (C=S) groups is 2. The minimum Gasteiger partial charge on any atom is -0.364 e. The van der Waals surface area contributed by atoms with Gasteiger partial charge in [0.25, 0.3) is 0 Å². The molecule has 6 nitrogen and oxygen atoms in total. The summed E-state index contributed by atoms with van der Waals surface area (Å²) in [5.41, 5.74) is 9.12. The molecule has 0 atom stereocenters. The predicted molar refractivity (Wildman–Crippen MR) is 127 cm³/mol. The topological polar surface area (TPSA) is 77.9 Å². The summed E-state index contributed by atoms with van der Waals surface area (Å²) in [4.78, 5) is 12.2. The van der Waals surface area contributed by atoms with Crippen LogP contribution in [-0.4, -0.2) is 34.4 Å². The molecule has 0 unspecified atom stereocenters. The van der Waals surface area contributed by atoms with E-state index in [0.717, 1.165) is 11.1 Å². The van der Waals surface area contributed by atoms with Crippen LogP contribution in [0.5, 0.6) is 0 Å². The molecule has 0 bridgehead atoms. The Morgan fingerprint density at radius 3 is 1.90 bits per heavy atom. The van der Waals surface area contributed by atoms with Crippen LogP contribution in [0.3, 0.4) is 0 Å². The van der Waals surface area contributed by atoms with Gasteiger partial charge >= 0.3 is 0 Å². The average molecular weight is 426 g/mol. The van der Waals surface area contributed by atoms with E-state index >= 15 is 0 Å². The molecule has 2 rings (SSSR count). The Morgan fingerprint density at radius 2 is 1.38 bits per heavy atom. The summed E-state index contributed by atoms with van der Waals surface area (Å²) in [7, 11) is 1.71. The average Bonchev–Trinajstić information content (AvgIpc) is 2.76. The SMILES string of the molecule is CCC(=S)NN=C(C(=NNC(=S)NC)c1ccc(C(C)=O)cc1)c1ccccc1. The predicted octanol–water partition coefficient (Wildman–Crippen LogP) is 3.42. The first-order chi connectivity index (χ1) is 14.0. The monoisotopic (exact) mass is 425 g/mol. The summed E-state index contributed by atoms with van der Waals surface area (Å²) in [5, 5.41) is 12.2. The molecule has 0 fully saturated rings. The van der Waals surface area contributed by atoms with Crippen molar-refractivity contribution >= 4 is 51.7 Å². The number of ketones is 1. The molecule has 0 amide bonds. The van der Waals surface area contributed by atoms with Gasteiger partial charge in [0.15, 0.2) is 10.9 Å². The van der Waals surface area contributed by atoms with Crippen LogP contribution in [0.2, 0.25) is 0 Å². The Morgan fingerprint density at radius 1 is 0.862 bits per heavy atom. The molecule has 2 aromatic rings. The third kappa shape index (κ3) is 6.55. The zero-order chi connectivity index (χ0) is 21.2. The van der Waals surface area contributed by atoms with Gasteiger partial charge in [-0.25, -0.2) is 0 Å². The minimum atomic E-state index is -0.00330. The van der Waals surface area contributed by atoms with Crippen LogP contribution < -0.4 is 16.2 Å². The Labute approximate surface area is 181 Å². The summed E-state index contributed by atoms with van der Waals surface area (Å²) in [6.07, 6.45) is 0.669. The molecule has 0 saturated carbocycles. The number of hydrogen-bond acceptors (Lipinski definition) is 5. The molecule has 8 heteroatoms. The third-order valence-corrected chi connectivity index (χ3v) is 4.62. The van der Waals surface area contributed by atoms with Gasteiger partial charge in [0.05, 0.1) is 4.99 Å². The van der Waals surface area contributed by atoms with Crippen LogP contribution in [-0.2, 0) is 0 Å². The number of hydrogen-bond donors (Lipinski definition) is 3. The molecule has 0 aromatic heterocycles. The fourth-order valence-electron chi connectivity index (χ4n) is 2.33. The highest BCUT2D eigenvalue weighted by molar-refractivity contribution is 7.80. The molecular formula is C21H23N5OS2. The van der Waals surface area contributed by atoms with Gasteiger partial charge in [-0.2, -0.15) is 10.2 Å². The first-order valence-electron chi connectivity index (χ1n) is 9.05. The van der Waals surface area contributed by atoms with E-state index < -0.39 is 0 Å². The van der Waals surface area contributed by atoms with Gasteiger partial charge in [-0.05, 0) is 25.6 Å². The summed E-state index contributed by atoms with van der Waals surface area (Å²) in [6, 6.07) is 16.8. The van der Waals surface area contributed by atoms with Crippen molar-refractivity contribution in [2.24, 2.45) is 10.2 Å². The van der Waals surface area contributed by atoms with E-state index in [-0.39, 0.29) is 5.78 Å². The van der Waals surface area contributed by atoms with Crippen LogP contribution in [0.15, 0.2) is 64.8 Å². The number of carbonyl (C=O) groups excluding carboxylic acids is 1. The minimum absolute atomic E-state index is 0.00330. The van der Waals surface area contributed by atoms with Crippen LogP contribution in [0, 0.1) is 0 Å². The van der Waals surface area contributed by atoms with Crippen molar-refractivity contribution in [2.45, 2.75) is 20.3 Å². The maximum absolute atomic E-state index is 11.6. The zero-order valence-electron chi connectivity index (χ0n) is 16.5. The van der Waals surface area contributed by atoms with E-state index in [1.807, 2.05) is 49.4 Å². The summed E-state index contributed by atoms with van der Waals surface area (Å²) >= 11 is 10.4. The first-order valence-corrected chi connectivity index (χ1v) is 9.87. The van der Waals surface area contributed by atoms with Crippen molar-refractivity contribution in [1.82, 2.24) is 16.2 Å². The lowest BCUT2D eigenvalue weighted by atomic mass is 9.98. The zero-order valence-corrected chi connectivity index (χ0v) is 18.2. The molecular weight excluding hydrogens is 402 g/mol. The van der Waals surface area contributed by atoms with Crippen molar-refractivity contribution in [3.8, 4) is 0 Å². The Bertz CT molecular complexity index is 937. The number of carbonyl (C=O) groups is 1. The van der Waals surface area contributed by atoms with Gasteiger partial charge in [0.2, 0.25) is 0 Å². The van der Waals surface area contributed by atoms with E-state index in [2.05, 4.69) is 26.4 Å². The van der Waals surface area contributed by atoms with Crippen LogP contribution in [0.4, 0.5) is 0 Å². The van der Waals surface area contributed by atoms with E-state index in [1.54, 1.807) is 19.2 Å². The van der Waals surface area contributed by atoms with Gasteiger partial charge in [-0.15, -0.1) is 0 Å². The van der Waals surface area contributed by atoms with Crippen molar-refractivity contribution < 1.29 is 4.79 Å². The van der Waals surface area contributed by atoms with Crippen LogP contribution in [0.1, 0.15) is 41.8 Å². The number of nitrogens with zero attached hydrogens (tertiary/aromatic N) is 2. The number of hydrazone groups is 2. The van der Waals surface area contributed by atoms with E-state index in [0.29, 0.717) is 33.5 Å². The highest BCUT2D eigenvalue weighted by Gasteiger charge is 2.16. The molecule has 0 heterocycles. The maximum atomic E-state index is 11.6. The second-order valence-electron chi connectivity index (χ2n) is 6.00. The normalized spacial score (nSPS) is 11.6. The molecule has 29 heavy (non-hydrogen) atoms. The van der Waals surface area contributed by atoms with Gasteiger partial charge < -0.3 is 5.32 Å². The molecule has 0 aliphatic rings. The summed E-state index contributed by atoms with van der Waals surface area (Å²) in [5.74, 6) is -0.00330. The quantitative estimate of drug-likeness (QED) is 0.273. The summed E-state index contributed by atoms with van der Waals surface area (Å²) in [6.45, 7) is 3.48. The molecule has 0 saturated heterocycles. The van der Waals surface area contributed by atoms with E-state index in [4.69, 9.17) is 24.4 Å². The molecule has 0 spiro atoms. The molecule has 0 aliphatic heterocycles. The van der Waals surface area contributed by atoms with Gasteiger partial charge in [-0.3, -0.25) is 15.6 Å². The van der Waals surface area contributed by atoms with Gasteiger partial charge in [0.1, 0.15) is 11.4 Å². The van der Waals surface area contributed by atoms with Crippen molar-refractivity contribution in [1.29, 1.82) is 0 Å². The second kappa shape index (κ2) is 11.1. The molecule has 0 aliphatic carbocycles. The van der Waals surface area contributed by atoms with Crippen LogP contribution >= 0.6 is 24.4 Å². The lowest BCUT2D eigenvalue weighted by Gasteiger charge is -2.13. The number of rotatable bonds is 7. The molecule has 150 valence electrons. The third-order valence-electron chi connectivity index (χ3n) is 3.95. The smallest absolute Gasteiger partial charge is 0.186 e. The molecule has 0 radical (unpaired) electrons. The standard InChI is InChI=1S/C21H23N5OS2/c1-4-18(28)23-24-19(16-8-6-5-7-9-16)20(25-26-21(29)22-3)17-12-10-15(11-13-17)14(2)27/h5-13H,4H2,1-3H3,(H,23,28)(H2,22,26,29). The van der Waals surface area contributed by atoms with Gasteiger partial charge in [0, 0.05) is 23.7 Å².